The fourth-order valence-corrected chi connectivity index (χ4v) is 4.05. The zero-order valence-corrected chi connectivity index (χ0v) is 13.1. The molecule has 2 bridgehead atoms. The summed E-state index contributed by atoms with van der Waals surface area (Å²) in [5.74, 6) is 0.685. The van der Waals surface area contributed by atoms with Gasteiger partial charge in [-0.15, -0.1) is 0 Å². The molecule has 1 N–H and O–H groups in total. The maximum atomic E-state index is 12.0. The normalized spacial score (nSPS) is 31.6. The van der Waals surface area contributed by atoms with Crippen LogP contribution in [0.5, 0.6) is 0 Å². The number of nitrogens with zero attached hydrogens (tertiary/aromatic N) is 1. The molecule has 0 saturated heterocycles. The van der Waals surface area contributed by atoms with E-state index in [9.17, 15) is 4.79 Å². The van der Waals surface area contributed by atoms with E-state index in [1.165, 1.54) is 18.6 Å². The fraction of sp³-hybridized carbons (Fsp3) is 0.556. The molecule has 0 unspecified atom stereocenters. The number of carbonyl (C=O) groups is 1. The predicted molar refractivity (Wildman–Crippen MR) is 85.0 cm³/mol. The SMILES string of the molecule is CC1(C)[C@H]2CC[C@]1(C)/C(=N\NC(=O)Cc1ccccc1)C2. The van der Waals surface area contributed by atoms with Crippen LogP contribution in [0, 0.1) is 16.7 Å². The molecule has 0 radical (unpaired) electrons. The molecule has 2 atom stereocenters. The third-order valence-corrected chi connectivity index (χ3v) is 6.04. The molecule has 1 aromatic carbocycles. The smallest absolute Gasteiger partial charge is 0.244 e. The maximum Gasteiger partial charge on any atom is 0.244 e. The number of amides is 1. The Bertz CT molecular complexity index is 576. The first-order valence-corrected chi connectivity index (χ1v) is 7.83. The van der Waals surface area contributed by atoms with Crippen LogP contribution < -0.4 is 5.43 Å². The minimum absolute atomic E-state index is 0.0297. The van der Waals surface area contributed by atoms with Crippen LogP contribution >= 0.6 is 0 Å². The Morgan fingerprint density at radius 1 is 1.29 bits per heavy atom. The number of hydrogen-bond acceptors (Lipinski definition) is 2. The molecule has 0 spiro atoms. The van der Waals surface area contributed by atoms with Gasteiger partial charge in [-0.05, 0) is 36.2 Å². The van der Waals surface area contributed by atoms with Gasteiger partial charge in [0.25, 0.3) is 0 Å². The number of hydrazone groups is 1. The van der Waals surface area contributed by atoms with Crippen molar-refractivity contribution < 1.29 is 4.79 Å². The van der Waals surface area contributed by atoms with E-state index < -0.39 is 0 Å². The Balaban J connectivity index is 1.66. The molecular weight excluding hydrogens is 260 g/mol. The summed E-state index contributed by atoms with van der Waals surface area (Å²) in [4.78, 5) is 12.0. The molecule has 0 aromatic heterocycles. The summed E-state index contributed by atoms with van der Waals surface area (Å²) >= 11 is 0. The van der Waals surface area contributed by atoms with E-state index in [1.807, 2.05) is 30.3 Å². The number of hydrogen-bond donors (Lipinski definition) is 1. The monoisotopic (exact) mass is 284 g/mol. The molecule has 2 saturated carbocycles. The lowest BCUT2D eigenvalue weighted by Crippen LogP contribution is -2.34. The number of carbonyl (C=O) groups excluding carboxylic acids is 1. The van der Waals surface area contributed by atoms with Crippen LogP contribution in [0.2, 0.25) is 0 Å². The van der Waals surface area contributed by atoms with Crippen molar-refractivity contribution in [2.45, 2.75) is 46.5 Å². The van der Waals surface area contributed by atoms with Gasteiger partial charge in [-0.3, -0.25) is 4.79 Å². The van der Waals surface area contributed by atoms with E-state index in [1.54, 1.807) is 0 Å². The Labute approximate surface area is 126 Å². The molecule has 2 aliphatic carbocycles. The third-order valence-electron chi connectivity index (χ3n) is 6.04. The first-order valence-electron chi connectivity index (χ1n) is 7.83. The average molecular weight is 284 g/mol. The summed E-state index contributed by atoms with van der Waals surface area (Å²) in [7, 11) is 0. The summed E-state index contributed by atoms with van der Waals surface area (Å²) in [5, 5.41) is 4.49. The number of benzene rings is 1. The molecular formula is C18H24N2O. The lowest BCUT2D eigenvalue weighted by molar-refractivity contribution is -0.120. The molecule has 3 rings (SSSR count). The average Bonchev–Trinajstić information content (AvgIpc) is 2.79. The van der Waals surface area contributed by atoms with Gasteiger partial charge < -0.3 is 0 Å². The van der Waals surface area contributed by atoms with Crippen molar-refractivity contribution in [2.24, 2.45) is 21.8 Å². The molecule has 112 valence electrons. The summed E-state index contributed by atoms with van der Waals surface area (Å²) in [5.41, 5.74) is 5.43. The van der Waals surface area contributed by atoms with Gasteiger partial charge in [0.05, 0.1) is 6.42 Å². The van der Waals surface area contributed by atoms with Crippen molar-refractivity contribution in [1.29, 1.82) is 0 Å². The van der Waals surface area contributed by atoms with Gasteiger partial charge in [-0.1, -0.05) is 51.1 Å². The zero-order chi connectivity index (χ0) is 15.1. The Hall–Kier alpha value is -1.64. The zero-order valence-electron chi connectivity index (χ0n) is 13.1. The Kier molecular flexibility index (Phi) is 3.39. The van der Waals surface area contributed by atoms with E-state index in [0.717, 1.165) is 12.0 Å². The van der Waals surface area contributed by atoms with E-state index in [-0.39, 0.29) is 11.3 Å². The van der Waals surface area contributed by atoms with Gasteiger partial charge in [-0.2, -0.15) is 5.10 Å². The molecule has 0 heterocycles. The van der Waals surface area contributed by atoms with Gasteiger partial charge in [0.15, 0.2) is 0 Å². The summed E-state index contributed by atoms with van der Waals surface area (Å²) in [6, 6.07) is 9.80. The van der Waals surface area contributed by atoms with Crippen LogP contribution in [0.3, 0.4) is 0 Å². The highest BCUT2D eigenvalue weighted by Gasteiger charge is 2.59. The molecule has 1 amide bonds. The second kappa shape index (κ2) is 4.97. The van der Waals surface area contributed by atoms with Crippen molar-refractivity contribution in [3.05, 3.63) is 35.9 Å². The summed E-state index contributed by atoms with van der Waals surface area (Å²) in [6.07, 6.45) is 3.91. The van der Waals surface area contributed by atoms with E-state index in [0.29, 0.717) is 17.8 Å². The van der Waals surface area contributed by atoms with Crippen molar-refractivity contribution in [3.63, 3.8) is 0 Å². The standard InChI is InChI=1S/C18H24N2O/c1-17(2)14-9-10-18(17,3)15(12-14)19-20-16(21)11-13-7-5-4-6-8-13/h4-8,14H,9-12H2,1-3H3,(H,20,21)/b19-15-/t14-,18+/m0/s1. The fourth-order valence-electron chi connectivity index (χ4n) is 4.05. The van der Waals surface area contributed by atoms with Crippen LogP contribution in [-0.4, -0.2) is 11.6 Å². The quantitative estimate of drug-likeness (QED) is 0.847. The van der Waals surface area contributed by atoms with E-state index >= 15 is 0 Å². The number of nitrogens with one attached hydrogen (secondary N) is 1. The highest BCUT2D eigenvalue weighted by molar-refractivity contribution is 5.95. The van der Waals surface area contributed by atoms with Crippen LogP contribution in [-0.2, 0) is 11.2 Å². The van der Waals surface area contributed by atoms with E-state index in [4.69, 9.17) is 0 Å². The first kappa shape index (κ1) is 14.3. The minimum Gasteiger partial charge on any atom is -0.273 e. The molecule has 3 nitrogen and oxygen atoms in total. The number of fused-ring (bicyclic) bond motifs is 2. The summed E-state index contributed by atoms with van der Waals surface area (Å²) in [6.45, 7) is 7.00. The lowest BCUT2D eigenvalue weighted by Gasteiger charge is -2.34. The molecule has 1 aromatic rings. The lowest BCUT2D eigenvalue weighted by atomic mass is 9.70. The van der Waals surface area contributed by atoms with Crippen LogP contribution in [0.25, 0.3) is 0 Å². The predicted octanol–water partition coefficient (Wildman–Crippen LogP) is 3.55. The van der Waals surface area contributed by atoms with Gasteiger partial charge >= 0.3 is 0 Å². The van der Waals surface area contributed by atoms with Crippen molar-refractivity contribution in [3.8, 4) is 0 Å². The molecule has 2 fully saturated rings. The van der Waals surface area contributed by atoms with Gasteiger partial charge in [-0.25, -0.2) is 5.43 Å². The molecule has 3 heteroatoms. The van der Waals surface area contributed by atoms with Crippen molar-refractivity contribution >= 4 is 11.6 Å². The highest BCUT2D eigenvalue weighted by atomic mass is 16.2. The summed E-state index contributed by atoms with van der Waals surface area (Å²) < 4.78 is 0. The largest absolute Gasteiger partial charge is 0.273 e. The van der Waals surface area contributed by atoms with Crippen molar-refractivity contribution in [1.82, 2.24) is 5.43 Å². The Morgan fingerprint density at radius 2 is 2.00 bits per heavy atom. The maximum absolute atomic E-state index is 12.0. The van der Waals surface area contributed by atoms with Crippen LogP contribution in [0.4, 0.5) is 0 Å². The van der Waals surface area contributed by atoms with E-state index in [2.05, 4.69) is 31.3 Å². The first-order chi connectivity index (χ1) is 9.93. The third kappa shape index (κ3) is 2.29. The molecule has 21 heavy (non-hydrogen) atoms. The topological polar surface area (TPSA) is 41.5 Å². The Morgan fingerprint density at radius 3 is 2.57 bits per heavy atom. The number of rotatable bonds is 3. The van der Waals surface area contributed by atoms with Crippen molar-refractivity contribution in [2.75, 3.05) is 0 Å². The van der Waals surface area contributed by atoms with Gasteiger partial charge in [0, 0.05) is 11.1 Å². The molecule has 0 aliphatic heterocycles. The molecule has 2 aliphatic rings. The second-order valence-corrected chi connectivity index (χ2v) is 7.25. The van der Waals surface area contributed by atoms with Crippen LogP contribution in [0.1, 0.15) is 45.6 Å². The van der Waals surface area contributed by atoms with Gasteiger partial charge in [0.2, 0.25) is 5.91 Å². The second-order valence-electron chi connectivity index (χ2n) is 7.25. The highest BCUT2D eigenvalue weighted by Crippen LogP contribution is 2.63. The van der Waals surface area contributed by atoms with Gasteiger partial charge in [0.1, 0.15) is 0 Å². The minimum atomic E-state index is -0.0297. The van der Waals surface area contributed by atoms with Crippen LogP contribution in [0.15, 0.2) is 35.4 Å².